The van der Waals surface area contributed by atoms with Gasteiger partial charge in [0.05, 0.1) is 16.3 Å². The number of amides is 2. The molecule has 1 fully saturated rings. The molecule has 0 bridgehead atoms. The van der Waals surface area contributed by atoms with E-state index in [1.165, 1.54) is 17.1 Å². The Morgan fingerprint density at radius 2 is 2.04 bits per heavy atom. The van der Waals surface area contributed by atoms with Gasteiger partial charge in [-0.05, 0) is 36.8 Å². The Balaban J connectivity index is 1.60. The summed E-state index contributed by atoms with van der Waals surface area (Å²) in [6.07, 6.45) is 1.73. The number of carbonyl (C=O) groups excluding carboxylic acids is 1. The van der Waals surface area contributed by atoms with Gasteiger partial charge in [-0.3, -0.25) is 4.98 Å². The van der Waals surface area contributed by atoms with E-state index in [0.29, 0.717) is 4.58 Å². The largest absolute Gasteiger partial charge is 0.330 e. The fraction of sp³-hybridized carbons (Fsp3) is 0.294. The van der Waals surface area contributed by atoms with E-state index in [-0.39, 0.29) is 12.1 Å². The Labute approximate surface area is 144 Å². The molecule has 3 rings (SSSR count). The highest BCUT2D eigenvalue weighted by molar-refractivity contribution is 8.19. The maximum absolute atomic E-state index is 12.2. The average molecular weight is 345 g/mol. The summed E-state index contributed by atoms with van der Waals surface area (Å²) in [4.78, 5) is 16.4. The van der Waals surface area contributed by atoms with Gasteiger partial charge in [-0.2, -0.15) is 0 Å². The van der Waals surface area contributed by atoms with Crippen LogP contribution in [0.3, 0.4) is 0 Å². The predicted octanol–water partition coefficient (Wildman–Crippen LogP) is 4.44. The predicted molar refractivity (Wildman–Crippen MR) is 98.9 cm³/mol. The summed E-state index contributed by atoms with van der Waals surface area (Å²) in [5.41, 5.74) is 2.92. The lowest BCUT2D eigenvalue weighted by Gasteiger charge is -2.15. The van der Waals surface area contributed by atoms with Crippen LogP contribution in [0, 0.1) is 0 Å². The van der Waals surface area contributed by atoms with Gasteiger partial charge in [-0.1, -0.05) is 18.2 Å². The van der Waals surface area contributed by atoms with Crippen LogP contribution in [-0.4, -0.2) is 22.5 Å². The molecule has 2 amide bonds. The lowest BCUT2D eigenvalue weighted by molar-refractivity contribution is 0.249. The minimum Gasteiger partial charge on any atom is -0.330 e. The molecule has 1 aromatic heterocycles. The van der Waals surface area contributed by atoms with Crippen molar-refractivity contribution in [2.75, 3.05) is 16.8 Å². The van der Waals surface area contributed by atoms with Gasteiger partial charge in [0, 0.05) is 23.4 Å². The molecule has 2 heterocycles. The zero-order chi connectivity index (χ0) is 16.1. The van der Waals surface area contributed by atoms with Gasteiger partial charge >= 0.3 is 6.03 Å². The first-order valence-corrected chi connectivity index (χ1v) is 9.64. The third-order valence-corrected chi connectivity index (χ3v) is 6.62. The molecule has 0 saturated carbocycles. The minimum atomic E-state index is -0.216. The van der Waals surface area contributed by atoms with Gasteiger partial charge in [0.2, 0.25) is 0 Å². The monoisotopic (exact) mass is 345 g/mol. The standard InChI is InChI=1S/C17H19N3OS2/c1-12(15-7-2-3-8-18-15)19-17(21)20-14-6-4-5-13(11-14)16-22-9-10-23-16/h2-8,11-12,16H,9-10H2,1H3,(H2,19,20,21)/t12-/m0/s1. The SMILES string of the molecule is C[C@H](NC(=O)Nc1cccc(C2SCCS2)c1)c1ccccn1. The summed E-state index contributed by atoms with van der Waals surface area (Å²) in [6.45, 7) is 1.92. The summed E-state index contributed by atoms with van der Waals surface area (Å²) in [5, 5.41) is 5.82. The number of hydrogen-bond donors (Lipinski definition) is 2. The molecule has 0 radical (unpaired) electrons. The number of anilines is 1. The van der Waals surface area contributed by atoms with Crippen molar-refractivity contribution in [1.29, 1.82) is 0 Å². The first-order valence-electron chi connectivity index (χ1n) is 7.54. The van der Waals surface area contributed by atoms with E-state index < -0.39 is 0 Å². The first-order chi connectivity index (χ1) is 11.2. The Morgan fingerprint density at radius 3 is 2.78 bits per heavy atom. The van der Waals surface area contributed by atoms with E-state index in [1.54, 1.807) is 6.20 Å². The normalized spacial score (nSPS) is 16.0. The molecule has 6 heteroatoms. The van der Waals surface area contributed by atoms with E-state index in [1.807, 2.05) is 60.8 Å². The third-order valence-electron chi connectivity index (χ3n) is 3.52. The van der Waals surface area contributed by atoms with Gasteiger partial charge in [0.15, 0.2) is 0 Å². The Kier molecular flexibility index (Phi) is 5.46. The zero-order valence-corrected chi connectivity index (χ0v) is 14.5. The van der Waals surface area contributed by atoms with Gasteiger partial charge in [-0.15, -0.1) is 23.5 Å². The number of nitrogens with zero attached hydrogens (tertiary/aromatic N) is 1. The fourth-order valence-corrected chi connectivity index (χ4v) is 5.22. The van der Waals surface area contributed by atoms with Crippen molar-refractivity contribution in [2.24, 2.45) is 0 Å². The van der Waals surface area contributed by atoms with E-state index in [2.05, 4.69) is 27.8 Å². The van der Waals surface area contributed by atoms with E-state index >= 15 is 0 Å². The number of thioether (sulfide) groups is 2. The molecule has 4 nitrogen and oxygen atoms in total. The lowest BCUT2D eigenvalue weighted by Crippen LogP contribution is -2.31. The minimum absolute atomic E-state index is 0.139. The highest BCUT2D eigenvalue weighted by Gasteiger charge is 2.18. The second kappa shape index (κ2) is 7.75. The van der Waals surface area contributed by atoms with Crippen molar-refractivity contribution in [1.82, 2.24) is 10.3 Å². The van der Waals surface area contributed by atoms with Crippen LogP contribution in [-0.2, 0) is 0 Å². The van der Waals surface area contributed by atoms with Crippen molar-refractivity contribution >= 4 is 35.2 Å². The van der Waals surface area contributed by atoms with Gasteiger partial charge in [-0.25, -0.2) is 4.79 Å². The highest BCUT2D eigenvalue weighted by atomic mass is 32.2. The molecule has 1 atom stereocenters. The maximum Gasteiger partial charge on any atom is 0.319 e. The van der Waals surface area contributed by atoms with Crippen LogP contribution in [0.4, 0.5) is 10.5 Å². The molecule has 0 unspecified atom stereocenters. The number of nitrogens with one attached hydrogen (secondary N) is 2. The number of benzene rings is 1. The molecule has 1 saturated heterocycles. The number of pyridine rings is 1. The number of carbonyl (C=O) groups is 1. The Hall–Kier alpha value is -1.66. The summed E-state index contributed by atoms with van der Waals surface area (Å²) in [7, 11) is 0. The summed E-state index contributed by atoms with van der Waals surface area (Å²) < 4.78 is 0.479. The Bertz CT molecular complexity index is 660. The molecule has 0 aliphatic carbocycles. The van der Waals surface area contributed by atoms with Crippen LogP contribution in [0.15, 0.2) is 48.7 Å². The van der Waals surface area contributed by atoms with Gasteiger partial charge in [0.1, 0.15) is 0 Å². The van der Waals surface area contributed by atoms with E-state index in [4.69, 9.17) is 0 Å². The average Bonchev–Trinajstić information content (AvgIpc) is 3.10. The lowest BCUT2D eigenvalue weighted by atomic mass is 10.2. The number of aromatic nitrogens is 1. The van der Waals surface area contributed by atoms with Crippen LogP contribution < -0.4 is 10.6 Å². The molecular weight excluding hydrogens is 326 g/mol. The van der Waals surface area contributed by atoms with Gasteiger partial charge in [0.25, 0.3) is 0 Å². The molecule has 120 valence electrons. The third kappa shape index (κ3) is 4.42. The molecule has 0 spiro atoms. The van der Waals surface area contributed by atoms with Crippen molar-refractivity contribution in [3.8, 4) is 0 Å². The molecule has 1 aliphatic heterocycles. The molecular formula is C17H19N3OS2. The zero-order valence-electron chi connectivity index (χ0n) is 12.9. The highest BCUT2D eigenvalue weighted by Crippen LogP contribution is 2.45. The molecule has 23 heavy (non-hydrogen) atoms. The number of hydrogen-bond acceptors (Lipinski definition) is 4. The second-order valence-electron chi connectivity index (χ2n) is 5.27. The molecule has 2 N–H and O–H groups in total. The quantitative estimate of drug-likeness (QED) is 0.860. The van der Waals surface area contributed by atoms with Crippen LogP contribution in [0.1, 0.15) is 28.8 Å². The van der Waals surface area contributed by atoms with Crippen molar-refractivity contribution < 1.29 is 4.79 Å². The van der Waals surface area contributed by atoms with Crippen LogP contribution in [0.25, 0.3) is 0 Å². The van der Waals surface area contributed by atoms with E-state index in [9.17, 15) is 4.79 Å². The summed E-state index contributed by atoms with van der Waals surface area (Å²) in [5.74, 6) is 2.38. The molecule has 2 aromatic rings. The Morgan fingerprint density at radius 1 is 1.22 bits per heavy atom. The van der Waals surface area contributed by atoms with E-state index in [0.717, 1.165) is 11.4 Å². The number of rotatable bonds is 4. The van der Waals surface area contributed by atoms with Crippen LogP contribution in [0.5, 0.6) is 0 Å². The maximum atomic E-state index is 12.2. The van der Waals surface area contributed by atoms with Crippen molar-refractivity contribution in [3.05, 3.63) is 59.9 Å². The fourth-order valence-electron chi connectivity index (χ4n) is 2.38. The van der Waals surface area contributed by atoms with Crippen molar-refractivity contribution in [2.45, 2.75) is 17.5 Å². The number of urea groups is 1. The van der Waals surface area contributed by atoms with Gasteiger partial charge < -0.3 is 10.6 Å². The summed E-state index contributed by atoms with van der Waals surface area (Å²) in [6, 6.07) is 13.4. The second-order valence-corrected chi connectivity index (χ2v) is 8.00. The van der Waals surface area contributed by atoms with Crippen LogP contribution >= 0.6 is 23.5 Å². The summed E-state index contributed by atoms with van der Waals surface area (Å²) >= 11 is 3.91. The topological polar surface area (TPSA) is 54.0 Å². The first kappa shape index (κ1) is 16.2. The molecule has 1 aliphatic rings. The van der Waals surface area contributed by atoms with Crippen LogP contribution in [0.2, 0.25) is 0 Å². The van der Waals surface area contributed by atoms with Crippen molar-refractivity contribution in [3.63, 3.8) is 0 Å². The molecule has 1 aromatic carbocycles. The smallest absolute Gasteiger partial charge is 0.319 e.